The van der Waals surface area contributed by atoms with Crippen molar-refractivity contribution < 1.29 is 4.79 Å². The van der Waals surface area contributed by atoms with Crippen molar-refractivity contribution in [3.8, 4) is 0 Å². The average Bonchev–Trinajstić information content (AvgIpc) is 2.81. The number of amides is 1. The lowest BCUT2D eigenvalue weighted by Gasteiger charge is -2.39. The smallest absolute Gasteiger partial charge is 0.226 e. The van der Waals surface area contributed by atoms with Crippen molar-refractivity contribution in [1.82, 2.24) is 4.90 Å². The Bertz CT molecular complexity index is 303. The molecule has 0 aromatic rings. The highest BCUT2D eigenvalue weighted by molar-refractivity contribution is 5.80. The van der Waals surface area contributed by atoms with Crippen LogP contribution in [-0.2, 0) is 4.79 Å². The zero-order valence-electron chi connectivity index (χ0n) is 10.8. The van der Waals surface area contributed by atoms with E-state index in [-0.39, 0.29) is 0 Å². The third kappa shape index (κ3) is 1.88. The summed E-state index contributed by atoms with van der Waals surface area (Å²) in [7, 11) is 0. The monoisotopic (exact) mass is 236 g/mol. The minimum absolute atomic E-state index is 0.312. The number of carbonyl (C=O) groups excluding carboxylic acids is 1. The molecule has 17 heavy (non-hydrogen) atoms. The maximum absolute atomic E-state index is 12.7. The fourth-order valence-corrected chi connectivity index (χ4v) is 4.28. The molecule has 0 aromatic carbocycles. The second-order valence-electron chi connectivity index (χ2n) is 6.38. The SMILES string of the molecule is CC1CCCC1C(=O)N1C2CCC1CC(N)C2. The van der Waals surface area contributed by atoms with E-state index in [1.54, 1.807) is 0 Å². The third-order valence-electron chi connectivity index (χ3n) is 5.20. The molecule has 3 nitrogen and oxygen atoms in total. The van der Waals surface area contributed by atoms with Crippen molar-refractivity contribution in [2.45, 2.75) is 70.0 Å². The lowest BCUT2D eigenvalue weighted by atomic mass is 9.92. The minimum atomic E-state index is 0.312. The summed E-state index contributed by atoms with van der Waals surface area (Å²) in [5, 5.41) is 0. The molecule has 2 bridgehead atoms. The van der Waals surface area contributed by atoms with Crippen molar-refractivity contribution in [2.75, 3.05) is 0 Å². The maximum Gasteiger partial charge on any atom is 0.226 e. The van der Waals surface area contributed by atoms with Crippen LogP contribution in [0.3, 0.4) is 0 Å². The number of piperidine rings is 1. The fraction of sp³-hybridized carbons (Fsp3) is 0.929. The Balaban J connectivity index is 1.74. The van der Waals surface area contributed by atoms with Crippen LogP contribution in [0.15, 0.2) is 0 Å². The van der Waals surface area contributed by atoms with Crippen LogP contribution in [0.2, 0.25) is 0 Å². The summed E-state index contributed by atoms with van der Waals surface area (Å²) in [6.07, 6.45) is 8.02. The van der Waals surface area contributed by atoms with Gasteiger partial charge in [0.05, 0.1) is 0 Å². The summed E-state index contributed by atoms with van der Waals surface area (Å²) < 4.78 is 0. The number of hydrogen-bond acceptors (Lipinski definition) is 2. The molecule has 4 unspecified atom stereocenters. The zero-order chi connectivity index (χ0) is 12.0. The first-order valence-corrected chi connectivity index (χ1v) is 7.24. The highest BCUT2D eigenvalue weighted by atomic mass is 16.2. The van der Waals surface area contributed by atoms with Crippen LogP contribution in [0.5, 0.6) is 0 Å². The topological polar surface area (TPSA) is 46.3 Å². The molecule has 3 rings (SSSR count). The van der Waals surface area contributed by atoms with E-state index in [9.17, 15) is 4.79 Å². The highest BCUT2D eigenvalue weighted by Crippen LogP contribution is 2.40. The molecule has 4 atom stereocenters. The molecule has 2 aliphatic heterocycles. The van der Waals surface area contributed by atoms with Crippen LogP contribution in [0.25, 0.3) is 0 Å². The number of nitrogens with two attached hydrogens (primary N) is 1. The Morgan fingerprint density at radius 3 is 2.29 bits per heavy atom. The number of hydrogen-bond donors (Lipinski definition) is 1. The van der Waals surface area contributed by atoms with Gasteiger partial charge in [-0.25, -0.2) is 0 Å². The molecule has 1 saturated carbocycles. The Morgan fingerprint density at radius 2 is 1.76 bits per heavy atom. The van der Waals surface area contributed by atoms with Gasteiger partial charge >= 0.3 is 0 Å². The Morgan fingerprint density at radius 1 is 1.12 bits per heavy atom. The van der Waals surface area contributed by atoms with Gasteiger partial charge in [-0.2, -0.15) is 0 Å². The Hall–Kier alpha value is -0.570. The fourth-order valence-electron chi connectivity index (χ4n) is 4.28. The first kappa shape index (κ1) is 11.5. The van der Waals surface area contributed by atoms with Crippen molar-refractivity contribution >= 4 is 5.91 Å². The number of fused-ring (bicyclic) bond motifs is 2. The van der Waals surface area contributed by atoms with E-state index in [0.29, 0.717) is 35.9 Å². The zero-order valence-corrected chi connectivity index (χ0v) is 10.8. The van der Waals surface area contributed by atoms with Gasteiger partial charge in [0.15, 0.2) is 0 Å². The standard InChI is InChI=1S/C14H24N2O/c1-9-3-2-4-13(9)14(17)16-11-5-6-12(16)8-10(15)7-11/h9-13H,2-8,15H2,1H3. The van der Waals surface area contributed by atoms with Gasteiger partial charge in [0.1, 0.15) is 0 Å². The molecule has 0 aromatic heterocycles. The van der Waals surface area contributed by atoms with Gasteiger partial charge in [-0.05, 0) is 44.4 Å². The summed E-state index contributed by atoms with van der Waals surface area (Å²) in [6.45, 7) is 2.24. The second-order valence-corrected chi connectivity index (χ2v) is 6.38. The molecule has 96 valence electrons. The summed E-state index contributed by atoms with van der Waals surface area (Å²) >= 11 is 0. The normalized spacial score (nSPS) is 45.3. The molecule has 3 fully saturated rings. The summed E-state index contributed by atoms with van der Waals surface area (Å²) in [5.74, 6) is 1.36. The first-order chi connectivity index (χ1) is 8.16. The largest absolute Gasteiger partial charge is 0.336 e. The van der Waals surface area contributed by atoms with E-state index >= 15 is 0 Å². The van der Waals surface area contributed by atoms with E-state index in [4.69, 9.17) is 5.73 Å². The number of rotatable bonds is 1. The van der Waals surface area contributed by atoms with Crippen LogP contribution < -0.4 is 5.73 Å². The lowest BCUT2D eigenvalue weighted by Crippen LogP contribution is -2.52. The van der Waals surface area contributed by atoms with Crippen LogP contribution in [0.1, 0.15) is 51.9 Å². The van der Waals surface area contributed by atoms with E-state index in [0.717, 1.165) is 19.3 Å². The molecule has 1 aliphatic carbocycles. The molecule has 0 radical (unpaired) electrons. The van der Waals surface area contributed by atoms with Gasteiger partial charge < -0.3 is 10.6 Å². The van der Waals surface area contributed by atoms with Gasteiger partial charge in [0.2, 0.25) is 5.91 Å². The van der Waals surface area contributed by atoms with Crippen molar-refractivity contribution in [2.24, 2.45) is 17.6 Å². The quantitative estimate of drug-likeness (QED) is 0.756. The molecule has 2 saturated heterocycles. The van der Waals surface area contributed by atoms with E-state index in [2.05, 4.69) is 11.8 Å². The van der Waals surface area contributed by atoms with Gasteiger partial charge in [-0.1, -0.05) is 13.3 Å². The van der Waals surface area contributed by atoms with E-state index in [1.165, 1.54) is 25.7 Å². The summed E-state index contributed by atoms with van der Waals surface area (Å²) in [5.41, 5.74) is 6.06. The van der Waals surface area contributed by atoms with Crippen LogP contribution in [-0.4, -0.2) is 28.9 Å². The predicted octanol–water partition coefficient (Wildman–Crippen LogP) is 1.90. The van der Waals surface area contributed by atoms with E-state index in [1.807, 2.05) is 0 Å². The maximum atomic E-state index is 12.7. The molecule has 3 heteroatoms. The molecule has 2 N–H and O–H groups in total. The van der Waals surface area contributed by atoms with Gasteiger partial charge in [-0.15, -0.1) is 0 Å². The van der Waals surface area contributed by atoms with Gasteiger partial charge in [0, 0.05) is 24.0 Å². The minimum Gasteiger partial charge on any atom is -0.336 e. The molecule has 0 spiro atoms. The van der Waals surface area contributed by atoms with Crippen molar-refractivity contribution in [1.29, 1.82) is 0 Å². The number of nitrogens with zero attached hydrogens (tertiary/aromatic N) is 1. The Kier molecular flexibility index (Phi) is 2.89. The lowest BCUT2D eigenvalue weighted by molar-refractivity contribution is -0.141. The van der Waals surface area contributed by atoms with Gasteiger partial charge in [-0.3, -0.25) is 4.79 Å². The van der Waals surface area contributed by atoms with E-state index < -0.39 is 0 Å². The van der Waals surface area contributed by atoms with Crippen molar-refractivity contribution in [3.63, 3.8) is 0 Å². The second kappa shape index (κ2) is 4.27. The first-order valence-electron chi connectivity index (χ1n) is 7.24. The molecule has 2 heterocycles. The van der Waals surface area contributed by atoms with Crippen LogP contribution in [0, 0.1) is 11.8 Å². The van der Waals surface area contributed by atoms with Gasteiger partial charge in [0.25, 0.3) is 0 Å². The van der Waals surface area contributed by atoms with Crippen LogP contribution in [0.4, 0.5) is 0 Å². The predicted molar refractivity (Wildman–Crippen MR) is 67.4 cm³/mol. The molecule has 3 aliphatic rings. The van der Waals surface area contributed by atoms with Crippen LogP contribution >= 0.6 is 0 Å². The Labute approximate surface area is 104 Å². The third-order valence-corrected chi connectivity index (χ3v) is 5.20. The highest BCUT2D eigenvalue weighted by Gasteiger charge is 2.45. The molecular weight excluding hydrogens is 212 g/mol. The molecule has 1 amide bonds. The summed E-state index contributed by atoms with van der Waals surface area (Å²) in [6, 6.07) is 1.26. The molecular formula is C14H24N2O. The summed E-state index contributed by atoms with van der Waals surface area (Å²) in [4.78, 5) is 14.9. The number of carbonyl (C=O) groups is 1. The van der Waals surface area contributed by atoms with Crippen molar-refractivity contribution in [3.05, 3.63) is 0 Å². The average molecular weight is 236 g/mol.